The van der Waals surface area contributed by atoms with E-state index in [0.717, 1.165) is 53.1 Å². The molecule has 5 nitrogen and oxygen atoms in total. The maximum absolute atomic E-state index is 12.6. The van der Waals surface area contributed by atoms with Gasteiger partial charge in [-0.15, -0.1) is 0 Å². The molecule has 112 valence electrons. The Morgan fingerprint density at radius 2 is 2.00 bits per heavy atom. The summed E-state index contributed by atoms with van der Waals surface area (Å²) in [5, 5.41) is 3.16. The lowest BCUT2D eigenvalue weighted by molar-refractivity contribution is 0.415. The molecule has 0 radical (unpaired) electrons. The van der Waals surface area contributed by atoms with Crippen LogP contribution in [-0.2, 0) is 12.8 Å². The molecule has 0 atom stereocenters. The molecule has 1 aliphatic carbocycles. The van der Waals surface area contributed by atoms with Crippen molar-refractivity contribution in [1.82, 2.24) is 14.6 Å². The molecule has 0 saturated carbocycles. The van der Waals surface area contributed by atoms with Gasteiger partial charge in [-0.3, -0.25) is 9.89 Å². The Morgan fingerprint density at radius 3 is 2.73 bits per heavy atom. The molecule has 0 spiro atoms. The number of ether oxygens (including phenoxy) is 1. The molecule has 22 heavy (non-hydrogen) atoms. The van der Waals surface area contributed by atoms with Crippen LogP contribution in [0.3, 0.4) is 0 Å². The minimum atomic E-state index is 0.0420. The fraction of sp³-hybridized carbons (Fsp3) is 0.294. The normalized spacial score (nSPS) is 13.5. The van der Waals surface area contributed by atoms with Crippen LogP contribution in [0.2, 0.25) is 0 Å². The number of nitrogens with zero attached hydrogens (tertiary/aromatic N) is 2. The van der Waals surface area contributed by atoms with E-state index in [9.17, 15) is 4.79 Å². The van der Waals surface area contributed by atoms with Crippen molar-refractivity contribution < 1.29 is 4.74 Å². The first kappa shape index (κ1) is 13.1. The fourth-order valence-corrected chi connectivity index (χ4v) is 3.26. The largest absolute Gasteiger partial charge is 0.497 e. The van der Waals surface area contributed by atoms with Crippen LogP contribution in [0.25, 0.3) is 16.8 Å². The number of rotatable bonds is 2. The predicted molar refractivity (Wildman–Crippen MR) is 84.6 cm³/mol. The summed E-state index contributed by atoms with van der Waals surface area (Å²) in [7, 11) is 1.65. The van der Waals surface area contributed by atoms with Crippen molar-refractivity contribution >= 4 is 5.65 Å². The van der Waals surface area contributed by atoms with Crippen LogP contribution < -0.4 is 10.3 Å². The monoisotopic (exact) mass is 295 g/mol. The highest BCUT2D eigenvalue weighted by atomic mass is 16.5. The van der Waals surface area contributed by atoms with Crippen LogP contribution >= 0.6 is 0 Å². The average molecular weight is 295 g/mol. The topological polar surface area (TPSA) is 59.4 Å². The molecule has 0 saturated heterocycles. The minimum Gasteiger partial charge on any atom is -0.497 e. The van der Waals surface area contributed by atoms with Gasteiger partial charge in [0.25, 0.3) is 5.56 Å². The molecule has 0 amide bonds. The summed E-state index contributed by atoms with van der Waals surface area (Å²) in [6, 6.07) is 7.83. The van der Waals surface area contributed by atoms with Gasteiger partial charge in [-0.1, -0.05) is 12.1 Å². The molecule has 4 rings (SSSR count). The minimum absolute atomic E-state index is 0.0420. The number of methoxy groups -OCH3 is 1. The zero-order chi connectivity index (χ0) is 15.3. The highest BCUT2D eigenvalue weighted by Gasteiger charge is 2.21. The number of fused-ring (bicyclic) bond motifs is 2. The Balaban J connectivity index is 1.99. The lowest BCUT2D eigenvalue weighted by atomic mass is 10.1. The molecule has 2 aromatic heterocycles. The molecule has 3 aromatic rings. The SMILES string of the molecule is COc1ccc(-c2c(C)[nH]n3c(=O)c4c(nc23)CCC4)cc1. The van der Waals surface area contributed by atoms with Crippen LogP contribution in [-0.4, -0.2) is 21.7 Å². The molecule has 0 unspecified atom stereocenters. The fourth-order valence-electron chi connectivity index (χ4n) is 3.26. The highest BCUT2D eigenvalue weighted by molar-refractivity contribution is 5.80. The number of H-pyrrole nitrogens is 1. The molecule has 5 heteroatoms. The van der Waals surface area contributed by atoms with Gasteiger partial charge in [-0.05, 0) is 43.9 Å². The molecular formula is C17H17N3O2. The van der Waals surface area contributed by atoms with Crippen molar-refractivity contribution in [3.63, 3.8) is 0 Å². The van der Waals surface area contributed by atoms with E-state index in [1.807, 2.05) is 31.2 Å². The molecule has 1 aromatic carbocycles. The van der Waals surface area contributed by atoms with Crippen molar-refractivity contribution in [2.45, 2.75) is 26.2 Å². The Labute approximate surface area is 127 Å². The Morgan fingerprint density at radius 1 is 1.23 bits per heavy atom. The smallest absolute Gasteiger partial charge is 0.276 e. The predicted octanol–water partition coefficient (Wildman–Crippen LogP) is 2.50. The summed E-state index contributed by atoms with van der Waals surface area (Å²) in [6.07, 6.45) is 2.75. The van der Waals surface area contributed by atoms with Gasteiger partial charge in [0.1, 0.15) is 5.75 Å². The van der Waals surface area contributed by atoms with E-state index >= 15 is 0 Å². The van der Waals surface area contributed by atoms with Crippen LogP contribution in [0, 0.1) is 6.92 Å². The maximum Gasteiger partial charge on any atom is 0.276 e. The summed E-state index contributed by atoms with van der Waals surface area (Å²) in [6.45, 7) is 1.97. The van der Waals surface area contributed by atoms with Crippen molar-refractivity contribution in [1.29, 1.82) is 0 Å². The molecule has 0 fully saturated rings. The van der Waals surface area contributed by atoms with Gasteiger partial charge < -0.3 is 4.74 Å². The average Bonchev–Trinajstić information content (AvgIpc) is 3.12. The van der Waals surface area contributed by atoms with Crippen molar-refractivity contribution in [3.05, 3.63) is 51.6 Å². The number of hydrogen-bond donors (Lipinski definition) is 1. The summed E-state index contributed by atoms with van der Waals surface area (Å²) in [5.74, 6) is 0.812. The summed E-state index contributed by atoms with van der Waals surface area (Å²) < 4.78 is 6.79. The van der Waals surface area contributed by atoms with Gasteiger partial charge >= 0.3 is 0 Å². The second-order valence-electron chi connectivity index (χ2n) is 5.70. The summed E-state index contributed by atoms with van der Waals surface area (Å²) >= 11 is 0. The summed E-state index contributed by atoms with van der Waals surface area (Å²) in [4.78, 5) is 17.3. The summed E-state index contributed by atoms with van der Waals surface area (Å²) in [5.41, 5.74) is 5.53. The van der Waals surface area contributed by atoms with Crippen LogP contribution in [0.5, 0.6) is 5.75 Å². The quantitative estimate of drug-likeness (QED) is 0.790. The third-order valence-electron chi connectivity index (χ3n) is 4.36. The zero-order valence-corrected chi connectivity index (χ0v) is 12.6. The van der Waals surface area contributed by atoms with E-state index in [1.54, 1.807) is 11.6 Å². The number of nitrogens with one attached hydrogen (secondary N) is 1. The second kappa shape index (κ2) is 4.73. The Kier molecular flexibility index (Phi) is 2.82. The Hall–Kier alpha value is -2.56. The van der Waals surface area contributed by atoms with E-state index in [2.05, 4.69) is 5.10 Å². The third-order valence-corrected chi connectivity index (χ3v) is 4.36. The third kappa shape index (κ3) is 1.78. The standard InChI is InChI=1S/C17H17N3O2/c1-10-15(11-6-8-12(22-2)9-7-11)16-18-14-5-3-4-13(14)17(21)20(16)19-10/h6-9,19H,3-5H2,1-2H3. The number of benzene rings is 1. The molecule has 1 aliphatic rings. The first-order valence-corrected chi connectivity index (χ1v) is 7.46. The molecule has 0 aliphatic heterocycles. The van der Waals surface area contributed by atoms with Gasteiger partial charge in [-0.2, -0.15) is 0 Å². The Bertz CT molecular complexity index is 920. The van der Waals surface area contributed by atoms with E-state index in [-0.39, 0.29) is 5.56 Å². The number of aromatic amines is 1. The first-order chi connectivity index (χ1) is 10.7. The van der Waals surface area contributed by atoms with Gasteiger partial charge in [0.15, 0.2) is 5.65 Å². The lowest BCUT2D eigenvalue weighted by Crippen LogP contribution is -2.20. The molecule has 2 heterocycles. The second-order valence-corrected chi connectivity index (χ2v) is 5.70. The van der Waals surface area contributed by atoms with E-state index < -0.39 is 0 Å². The first-order valence-electron chi connectivity index (χ1n) is 7.46. The van der Waals surface area contributed by atoms with Gasteiger partial charge in [-0.25, -0.2) is 9.50 Å². The van der Waals surface area contributed by atoms with Gasteiger partial charge in [0.2, 0.25) is 0 Å². The molecule has 0 bridgehead atoms. The molecule has 1 N–H and O–H groups in total. The maximum atomic E-state index is 12.6. The van der Waals surface area contributed by atoms with Crippen LogP contribution in [0.15, 0.2) is 29.1 Å². The lowest BCUT2D eigenvalue weighted by Gasteiger charge is -2.04. The highest BCUT2D eigenvalue weighted by Crippen LogP contribution is 2.29. The van der Waals surface area contributed by atoms with Gasteiger partial charge in [0.05, 0.1) is 12.8 Å². The number of aromatic nitrogens is 3. The van der Waals surface area contributed by atoms with Gasteiger partial charge in [0, 0.05) is 16.8 Å². The van der Waals surface area contributed by atoms with Crippen molar-refractivity contribution in [2.75, 3.05) is 7.11 Å². The molecular weight excluding hydrogens is 278 g/mol. The van der Waals surface area contributed by atoms with Crippen LogP contribution in [0.1, 0.15) is 23.4 Å². The van der Waals surface area contributed by atoms with Crippen molar-refractivity contribution in [3.8, 4) is 16.9 Å². The number of hydrogen-bond acceptors (Lipinski definition) is 3. The van der Waals surface area contributed by atoms with Crippen molar-refractivity contribution in [2.24, 2.45) is 0 Å². The zero-order valence-electron chi connectivity index (χ0n) is 12.6. The van der Waals surface area contributed by atoms with E-state index in [4.69, 9.17) is 9.72 Å². The van der Waals surface area contributed by atoms with E-state index in [0.29, 0.717) is 5.65 Å². The van der Waals surface area contributed by atoms with Crippen LogP contribution in [0.4, 0.5) is 0 Å². The van der Waals surface area contributed by atoms with E-state index in [1.165, 1.54) is 0 Å². The number of aryl methyl sites for hydroxylation is 2.